The first-order valence-electron chi connectivity index (χ1n) is 7.57. The monoisotopic (exact) mass is 270 g/mol. The molecule has 112 valence electrons. The molecule has 1 rings (SSSR count). The lowest BCUT2D eigenvalue weighted by Gasteiger charge is -2.40. The van der Waals surface area contributed by atoms with Gasteiger partial charge in [0.15, 0.2) is 0 Å². The van der Waals surface area contributed by atoms with Crippen molar-refractivity contribution in [3.8, 4) is 0 Å². The maximum Gasteiger partial charge on any atom is 0.219 e. The van der Waals surface area contributed by atoms with Gasteiger partial charge in [-0.25, -0.2) is 0 Å². The molecular weight excluding hydrogens is 240 g/mol. The summed E-state index contributed by atoms with van der Waals surface area (Å²) in [6, 6.07) is 0. The van der Waals surface area contributed by atoms with E-state index in [4.69, 9.17) is 10.5 Å². The van der Waals surface area contributed by atoms with Crippen LogP contribution in [0.1, 0.15) is 52.4 Å². The zero-order valence-corrected chi connectivity index (χ0v) is 12.7. The predicted molar refractivity (Wildman–Crippen MR) is 77.8 cm³/mol. The minimum atomic E-state index is -0.131. The third-order valence-electron chi connectivity index (χ3n) is 4.49. The van der Waals surface area contributed by atoms with Crippen molar-refractivity contribution in [3.05, 3.63) is 0 Å². The van der Waals surface area contributed by atoms with E-state index in [-0.39, 0.29) is 11.5 Å². The Morgan fingerprint density at radius 3 is 2.53 bits per heavy atom. The van der Waals surface area contributed by atoms with Gasteiger partial charge < -0.3 is 15.8 Å². The van der Waals surface area contributed by atoms with Crippen LogP contribution in [0, 0.1) is 11.8 Å². The average molecular weight is 270 g/mol. The van der Waals surface area contributed by atoms with Crippen LogP contribution in [0.3, 0.4) is 0 Å². The first-order chi connectivity index (χ1) is 9.03. The molecule has 0 atom stereocenters. The Kier molecular flexibility index (Phi) is 6.80. The molecule has 0 spiro atoms. The van der Waals surface area contributed by atoms with Crippen molar-refractivity contribution in [1.29, 1.82) is 0 Å². The summed E-state index contributed by atoms with van der Waals surface area (Å²) < 4.78 is 6.04. The Morgan fingerprint density at radius 2 is 2.05 bits per heavy atom. The largest absolute Gasteiger partial charge is 0.374 e. The number of nitrogens with one attached hydrogen (secondary N) is 1. The molecule has 3 N–H and O–H groups in total. The van der Waals surface area contributed by atoms with Gasteiger partial charge in [-0.3, -0.25) is 4.79 Å². The Balaban J connectivity index is 2.31. The van der Waals surface area contributed by atoms with Crippen LogP contribution in [0.2, 0.25) is 0 Å². The molecule has 4 nitrogen and oxygen atoms in total. The number of hydrogen-bond acceptors (Lipinski definition) is 3. The normalized spacial score (nSPS) is 27.5. The maximum atomic E-state index is 11.1. The van der Waals surface area contributed by atoms with E-state index in [0.29, 0.717) is 19.6 Å². The third-order valence-corrected chi connectivity index (χ3v) is 4.49. The highest BCUT2D eigenvalue weighted by molar-refractivity contribution is 5.75. The van der Waals surface area contributed by atoms with Crippen molar-refractivity contribution in [2.24, 2.45) is 17.6 Å². The molecular formula is C15H30N2O2. The SMILES string of the molecule is CNC(=O)CCCOC1(CN)CCC(C(C)C)CC1. The van der Waals surface area contributed by atoms with Gasteiger partial charge in [-0.15, -0.1) is 0 Å². The molecule has 1 fully saturated rings. The number of ether oxygens (including phenoxy) is 1. The minimum absolute atomic E-state index is 0.0777. The molecule has 1 saturated carbocycles. The van der Waals surface area contributed by atoms with Crippen molar-refractivity contribution in [2.45, 2.75) is 58.0 Å². The molecule has 1 aliphatic rings. The molecule has 0 aromatic rings. The van der Waals surface area contributed by atoms with Crippen LogP contribution >= 0.6 is 0 Å². The molecule has 1 amide bonds. The minimum Gasteiger partial charge on any atom is -0.374 e. The molecule has 0 heterocycles. The Bertz CT molecular complexity index is 271. The van der Waals surface area contributed by atoms with E-state index in [9.17, 15) is 4.79 Å². The van der Waals surface area contributed by atoms with Crippen LogP contribution in [-0.4, -0.2) is 31.7 Å². The molecule has 19 heavy (non-hydrogen) atoms. The summed E-state index contributed by atoms with van der Waals surface area (Å²) in [7, 11) is 1.66. The van der Waals surface area contributed by atoms with Crippen molar-refractivity contribution < 1.29 is 9.53 Å². The summed E-state index contributed by atoms with van der Waals surface area (Å²) in [6.45, 7) is 5.82. The van der Waals surface area contributed by atoms with E-state index in [1.165, 1.54) is 12.8 Å². The first kappa shape index (κ1) is 16.4. The summed E-state index contributed by atoms with van der Waals surface area (Å²) in [4.78, 5) is 11.1. The maximum absolute atomic E-state index is 11.1. The lowest BCUT2D eigenvalue weighted by atomic mass is 9.74. The number of carbonyl (C=O) groups is 1. The molecule has 4 heteroatoms. The second-order valence-corrected chi connectivity index (χ2v) is 6.09. The van der Waals surface area contributed by atoms with Crippen LogP contribution < -0.4 is 11.1 Å². The summed E-state index contributed by atoms with van der Waals surface area (Å²) in [6.07, 6.45) is 5.86. The van der Waals surface area contributed by atoms with E-state index >= 15 is 0 Å². The lowest BCUT2D eigenvalue weighted by molar-refractivity contribution is -0.121. The van der Waals surface area contributed by atoms with Crippen LogP contribution in [0.5, 0.6) is 0 Å². The molecule has 0 bridgehead atoms. The first-order valence-corrected chi connectivity index (χ1v) is 7.57. The van der Waals surface area contributed by atoms with E-state index < -0.39 is 0 Å². The van der Waals surface area contributed by atoms with E-state index in [1.807, 2.05) is 0 Å². The van der Waals surface area contributed by atoms with Gasteiger partial charge in [-0.1, -0.05) is 13.8 Å². The van der Waals surface area contributed by atoms with Crippen LogP contribution in [0.15, 0.2) is 0 Å². The molecule has 0 saturated heterocycles. The van der Waals surface area contributed by atoms with Crippen LogP contribution in [-0.2, 0) is 9.53 Å². The van der Waals surface area contributed by atoms with Crippen molar-refractivity contribution in [1.82, 2.24) is 5.32 Å². The fourth-order valence-corrected chi connectivity index (χ4v) is 2.89. The fourth-order valence-electron chi connectivity index (χ4n) is 2.89. The van der Waals surface area contributed by atoms with Gasteiger partial charge in [0, 0.05) is 26.6 Å². The second-order valence-electron chi connectivity index (χ2n) is 6.09. The summed E-state index contributed by atoms with van der Waals surface area (Å²) in [5.74, 6) is 1.65. The van der Waals surface area contributed by atoms with E-state index in [2.05, 4.69) is 19.2 Å². The molecule has 0 aromatic carbocycles. The highest BCUT2D eigenvalue weighted by Crippen LogP contribution is 2.37. The number of carbonyl (C=O) groups excluding carboxylic acids is 1. The number of nitrogens with two attached hydrogens (primary N) is 1. The van der Waals surface area contributed by atoms with Crippen LogP contribution in [0.25, 0.3) is 0 Å². The summed E-state index contributed by atoms with van der Waals surface area (Å²) in [5, 5.41) is 2.63. The third kappa shape index (κ3) is 5.11. The van der Waals surface area contributed by atoms with Gasteiger partial charge in [-0.05, 0) is 43.9 Å². The Hall–Kier alpha value is -0.610. The van der Waals surface area contributed by atoms with Crippen molar-refractivity contribution >= 4 is 5.91 Å². The average Bonchev–Trinajstić information content (AvgIpc) is 2.43. The fraction of sp³-hybridized carbons (Fsp3) is 0.933. The van der Waals surface area contributed by atoms with Crippen molar-refractivity contribution in [2.75, 3.05) is 20.2 Å². The summed E-state index contributed by atoms with van der Waals surface area (Å²) >= 11 is 0. The van der Waals surface area contributed by atoms with Crippen LogP contribution in [0.4, 0.5) is 0 Å². The number of rotatable bonds is 7. The Labute approximate surface area is 117 Å². The molecule has 0 radical (unpaired) electrons. The van der Waals surface area contributed by atoms with E-state index in [1.54, 1.807) is 7.05 Å². The van der Waals surface area contributed by atoms with Gasteiger partial charge in [0.05, 0.1) is 5.60 Å². The highest BCUT2D eigenvalue weighted by atomic mass is 16.5. The van der Waals surface area contributed by atoms with Gasteiger partial charge in [0.25, 0.3) is 0 Å². The molecule has 0 aliphatic heterocycles. The standard InChI is InChI=1S/C15H30N2O2/c1-12(2)13-6-8-15(11-16,9-7-13)19-10-4-5-14(18)17-3/h12-13H,4-11,16H2,1-3H3,(H,17,18). The zero-order valence-electron chi connectivity index (χ0n) is 12.7. The zero-order chi connectivity index (χ0) is 14.3. The van der Waals surface area contributed by atoms with Crippen molar-refractivity contribution in [3.63, 3.8) is 0 Å². The van der Waals surface area contributed by atoms with Gasteiger partial charge in [-0.2, -0.15) is 0 Å². The molecule has 0 aromatic heterocycles. The number of hydrogen-bond donors (Lipinski definition) is 2. The predicted octanol–water partition coefficient (Wildman–Crippen LogP) is 2.07. The van der Waals surface area contributed by atoms with E-state index in [0.717, 1.165) is 31.1 Å². The van der Waals surface area contributed by atoms with Gasteiger partial charge in [0.1, 0.15) is 0 Å². The molecule has 0 unspecified atom stereocenters. The Morgan fingerprint density at radius 1 is 1.42 bits per heavy atom. The lowest BCUT2D eigenvalue weighted by Crippen LogP contribution is -2.44. The van der Waals surface area contributed by atoms with Gasteiger partial charge in [0.2, 0.25) is 5.91 Å². The highest BCUT2D eigenvalue weighted by Gasteiger charge is 2.35. The summed E-state index contributed by atoms with van der Waals surface area (Å²) in [5.41, 5.74) is 5.79. The molecule has 1 aliphatic carbocycles. The topological polar surface area (TPSA) is 64.3 Å². The number of amides is 1. The quantitative estimate of drug-likeness (QED) is 0.696. The smallest absolute Gasteiger partial charge is 0.219 e. The second kappa shape index (κ2) is 7.85. The van der Waals surface area contributed by atoms with Gasteiger partial charge >= 0.3 is 0 Å².